The fraction of sp³-hybridized carbons (Fsp3) is 0.214. The summed E-state index contributed by atoms with van der Waals surface area (Å²) < 4.78 is 0. The highest BCUT2D eigenvalue weighted by Crippen LogP contribution is 2.23. The van der Waals surface area contributed by atoms with Gasteiger partial charge in [-0.3, -0.25) is 4.98 Å². The zero-order valence-electron chi connectivity index (χ0n) is 10.1. The highest BCUT2D eigenvalue weighted by molar-refractivity contribution is 6.31. The molecule has 0 radical (unpaired) electrons. The molecule has 0 fully saturated rings. The Kier molecular flexibility index (Phi) is 4.18. The molecule has 94 valence electrons. The van der Waals surface area contributed by atoms with E-state index < -0.39 is 6.10 Å². The molecule has 0 spiro atoms. The van der Waals surface area contributed by atoms with Gasteiger partial charge >= 0.3 is 0 Å². The number of aromatic nitrogens is 1. The number of benzene rings is 1. The summed E-state index contributed by atoms with van der Waals surface area (Å²) in [5, 5.41) is 13.9. The Balaban J connectivity index is 2.02. The predicted molar refractivity (Wildman–Crippen MR) is 73.9 cm³/mol. The molecule has 18 heavy (non-hydrogen) atoms. The quantitative estimate of drug-likeness (QED) is 0.890. The van der Waals surface area contributed by atoms with Gasteiger partial charge in [-0.2, -0.15) is 0 Å². The maximum absolute atomic E-state index is 10.0. The van der Waals surface area contributed by atoms with Crippen LogP contribution in [0.1, 0.15) is 17.2 Å². The van der Waals surface area contributed by atoms with E-state index in [1.165, 1.54) is 0 Å². The lowest BCUT2D eigenvalue weighted by atomic mass is 10.1. The second-order valence-electron chi connectivity index (χ2n) is 4.09. The summed E-state index contributed by atoms with van der Waals surface area (Å²) in [6.45, 7) is 2.38. The van der Waals surface area contributed by atoms with Crippen LogP contribution in [0.25, 0.3) is 0 Å². The largest absolute Gasteiger partial charge is 0.387 e. The minimum Gasteiger partial charge on any atom is -0.387 e. The van der Waals surface area contributed by atoms with Crippen LogP contribution >= 0.6 is 11.6 Å². The average molecular weight is 263 g/mol. The molecule has 2 rings (SSSR count). The normalized spacial score (nSPS) is 12.2. The third-order valence-corrected chi connectivity index (χ3v) is 3.25. The van der Waals surface area contributed by atoms with E-state index in [2.05, 4.69) is 10.3 Å². The van der Waals surface area contributed by atoms with Gasteiger partial charge in [-0.05, 0) is 42.3 Å². The van der Waals surface area contributed by atoms with Gasteiger partial charge in [0.2, 0.25) is 0 Å². The van der Waals surface area contributed by atoms with Gasteiger partial charge in [0.05, 0.1) is 6.10 Å². The standard InChI is InChI=1S/C14H15ClN2O/c1-10-12(15)3-2-4-13(10)17-9-14(18)11-5-7-16-8-6-11/h2-8,14,17-18H,9H2,1H3. The summed E-state index contributed by atoms with van der Waals surface area (Å²) in [6.07, 6.45) is 2.78. The lowest BCUT2D eigenvalue weighted by molar-refractivity contribution is 0.191. The molecular weight excluding hydrogens is 248 g/mol. The molecule has 1 aromatic heterocycles. The van der Waals surface area contributed by atoms with Gasteiger partial charge in [-0.25, -0.2) is 0 Å². The van der Waals surface area contributed by atoms with Gasteiger partial charge in [-0.1, -0.05) is 17.7 Å². The van der Waals surface area contributed by atoms with E-state index in [4.69, 9.17) is 11.6 Å². The number of nitrogens with zero attached hydrogens (tertiary/aromatic N) is 1. The van der Waals surface area contributed by atoms with Crippen LogP contribution in [0.4, 0.5) is 5.69 Å². The molecular formula is C14H15ClN2O. The molecule has 1 aromatic carbocycles. The molecule has 0 aliphatic carbocycles. The molecule has 0 saturated heterocycles. The highest BCUT2D eigenvalue weighted by Gasteiger charge is 2.08. The van der Waals surface area contributed by atoms with Crippen molar-refractivity contribution >= 4 is 17.3 Å². The number of hydrogen-bond donors (Lipinski definition) is 2. The Bertz CT molecular complexity index is 516. The van der Waals surface area contributed by atoms with Crippen molar-refractivity contribution in [2.75, 3.05) is 11.9 Å². The first-order valence-electron chi connectivity index (χ1n) is 5.75. The zero-order chi connectivity index (χ0) is 13.0. The van der Waals surface area contributed by atoms with Crippen molar-refractivity contribution in [3.63, 3.8) is 0 Å². The fourth-order valence-electron chi connectivity index (χ4n) is 1.71. The third kappa shape index (κ3) is 3.00. The number of hydrogen-bond acceptors (Lipinski definition) is 3. The van der Waals surface area contributed by atoms with Gasteiger partial charge in [0.25, 0.3) is 0 Å². The number of aliphatic hydroxyl groups excluding tert-OH is 1. The molecule has 2 aromatic rings. The van der Waals surface area contributed by atoms with Gasteiger partial charge in [0, 0.05) is 29.6 Å². The number of anilines is 1. The van der Waals surface area contributed by atoms with Crippen molar-refractivity contribution in [1.82, 2.24) is 4.98 Å². The van der Waals surface area contributed by atoms with E-state index in [1.807, 2.05) is 25.1 Å². The predicted octanol–water partition coefficient (Wildman–Crippen LogP) is 3.19. The van der Waals surface area contributed by atoms with E-state index in [0.29, 0.717) is 6.54 Å². The first-order chi connectivity index (χ1) is 8.68. The molecule has 4 heteroatoms. The van der Waals surface area contributed by atoms with E-state index in [1.54, 1.807) is 24.5 Å². The summed E-state index contributed by atoms with van der Waals surface area (Å²) in [7, 11) is 0. The van der Waals surface area contributed by atoms with Crippen LogP contribution in [0.5, 0.6) is 0 Å². The Morgan fingerprint density at radius 2 is 2.00 bits per heavy atom. The van der Waals surface area contributed by atoms with Crippen LogP contribution in [-0.4, -0.2) is 16.6 Å². The van der Waals surface area contributed by atoms with Crippen LogP contribution < -0.4 is 5.32 Å². The number of halogens is 1. The topological polar surface area (TPSA) is 45.1 Å². The van der Waals surface area contributed by atoms with Gasteiger partial charge in [0.15, 0.2) is 0 Å². The molecule has 0 amide bonds. The van der Waals surface area contributed by atoms with E-state index in [0.717, 1.165) is 21.8 Å². The number of aliphatic hydroxyl groups is 1. The maximum atomic E-state index is 10.0. The molecule has 1 unspecified atom stereocenters. The lowest BCUT2D eigenvalue weighted by Gasteiger charge is -2.15. The maximum Gasteiger partial charge on any atom is 0.0963 e. The van der Waals surface area contributed by atoms with E-state index in [-0.39, 0.29) is 0 Å². The summed E-state index contributed by atoms with van der Waals surface area (Å²) in [6, 6.07) is 9.28. The fourth-order valence-corrected chi connectivity index (χ4v) is 1.88. The summed E-state index contributed by atoms with van der Waals surface area (Å²) >= 11 is 6.04. The van der Waals surface area contributed by atoms with Crippen molar-refractivity contribution in [1.29, 1.82) is 0 Å². The summed E-state index contributed by atoms with van der Waals surface area (Å²) in [5.74, 6) is 0. The van der Waals surface area contributed by atoms with Crippen LogP contribution in [0, 0.1) is 6.92 Å². The van der Waals surface area contributed by atoms with E-state index in [9.17, 15) is 5.11 Å². The Morgan fingerprint density at radius 3 is 2.72 bits per heavy atom. The molecule has 1 heterocycles. The highest BCUT2D eigenvalue weighted by atomic mass is 35.5. The van der Waals surface area contributed by atoms with Gasteiger partial charge in [0.1, 0.15) is 0 Å². The second-order valence-corrected chi connectivity index (χ2v) is 4.50. The molecule has 0 aliphatic heterocycles. The van der Waals surface area contributed by atoms with Crippen molar-refractivity contribution in [3.8, 4) is 0 Å². The number of nitrogens with one attached hydrogen (secondary N) is 1. The molecule has 1 atom stereocenters. The Hall–Kier alpha value is -1.58. The summed E-state index contributed by atoms with van der Waals surface area (Å²) in [5.41, 5.74) is 2.77. The molecule has 2 N–H and O–H groups in total. The third-order valence-electron chi connectivity index (χ3n) is 2.84. The first-order valence-corrected chi connectivity index (χ1v) is 6.13. The van der Waals surface area contributed by atoms with Crippen molar-refractivity contribution in [3.05, 3.63) is 58.9 Å². The SMILES string of the molecule is Cc1c(Cl)cccc1NCC(O)c1ccncc1. The van der Waals surface area contributed by atoms with E-state index >= 15 is 0 Å². The molecule has 0 bridgehead atoms. The zero-order valence-corrected chi connectivity index (χ0v) is 10.9. The minimum absolute atomic E-state index is 0.436. The second kappa shape index (κ2) is 5.85. The Labute approximate surface area is 111 Å². The van der Waals surface area contributed by atoms with Crippen LogP contribution in [0.3, 0.4) is 0 Å². The first kappa shape index (κ1) is 12.9. The molecule has 3 nitrogen and oxygen atoms in total. The van der Waals surface area contributed by atoms with Gasteiger partial charge < -0.3 is 10.4 Å². The average Bonchev–Trinajstić information content (AvgIpc) is 2.41. The molecule has 0 saturated carbocycles. The molecule has 0 aliphatic rings. The van der Waals surface area contributed by atoms with Crippen LogP contribution in [0.2, 0.25) is 5.02 Å². The van der Waals surface area contributed by atoms with Crippen molar-refractivity contribution in [2.24, 2.45) is 0 Å². The lowest BCUT2D eigenvalue weighted by Crippen LogP contribution is -2.12. The summed E-state index contributed by atoms with van der Waals surface area (Å²) in [4.78, 5) is 3.92. The number of pyridine rings is 1. The van der Waals surface area contributed by atoms with Crippen LogP contribution in [0.15, 0.2) is 42.7 Å². The monoisotopic (exact) mass is 262 g/mol. The smallest absolute Gasteiger partial charge is 0.0963 e. The van der Waals surface area contributed by atoms with Gasteiger partial charge in [-0.15, -0.1) is 0 Å². The van der Waals surface area contributed by atoms with Crippen LogP contribution in [-0.2, 0) is 0 Å². The van der Waals surface area contributed by atoms with Crippen molar-refractivity contribution < 1.29 is 5.11 Å². The minimum atomic E-state index is -0.564. The van der Waals surface area contributed by atoms with Crippen molar-refractivity contribution in [2.45, 2.75) is 13.0 Å². The number of rotatable bonds is 4. The Morgan fingerprint density at radius 1 is 1.28 bits per heavy atom.